The molecule has 0 saturated carbocycles. The Bertz CT molecular complexity index is 662. The van der Waals surface area contributed by atoms with E-state index in [0.717, 1.165) is 5.52 Å². The number of nitrogens with zero attached hydrogens (tertiary/aromatic N) is 2. The van der Waals surface area contributed by atoms with Crippen molar-refractivity contribution in [1.29, 1.82) is 0 Å². The fraction of sp³-hybridized carbons (Fsp3) is 0.0909. The summed E-state index contributed by atoms with van der Waals surface area (Å²) in [7, 11) is 0. The Morgan fingerprint density at radius 2 is 2.18 bits per heavy atom. The van der Waals surface area contributed by atoms with Gasteiger partial charge in [0.2, 0.25) is 0 Å². The molecule has 2 aromatic heterocycles. The van der Waals surface area contributed by atoms with E-state index in [0.29, 0.717) is 22.8 Å². The molecule has 0 aliphatic rings. The number of benzene rings is 1. The van der Waals surface area contributed by atoms with E-state index in [9.17, 15) is 4.39 Å². The Labute approximate surface area is 95.4 Å². The number of fused-ring (bicyclic) bond motifs is 1. The van der Waals surface area contributed by atoms with E-state index >= 15 is 0 Å². The number of nitrogens with one attached hydrogen (secondary N) is 1. The lowest BCUT2D eigenvalue weighted by molar-refractivity contribution is 0.424. The largest absolute Gasteiger partial charge is 0.396 e. The summed E-state index contributed by atoms with van der Waals surface area (Å²) in [4.78, 5) is 7.14. The minimum absolute atomic E-state index is 0.104. The SMILES string of the molecule is Cc1noc(-c2cc3cc(F)c(N)cc3[nH]2)n1. The van der Waals surface area contributed by atoms with Crippen molar-refractivity contribution in [2.24, 2.45) is 0 Å². The van der Waals surface area contributed by atoms with Gasteiger partial charge in [-0.3, -0.25) is 0 Å². The first-order chi connectivity index (χ1) is 8.13. The van der Waals surface area contributed by atoms with Crippen LogP contribution >= 0.6 is 0 Å². The monoisotopic (exact) mass is 232 g/mol. The van der Waals surface area contributed by atoms with E-state index < -0.39 is 5.82 Å². The Morgan fingerprint density at radius 1 is 1.35 bits per heavy atom. The van der Waals surface area contributed by atoms with Crippen LogP contribution in [0.3, 0.4) is 0 Å². The molecule has 0 amide bonds. The number of hydrogen-bond donors (Lipinski definition) is 2. The third-order valence-electron chi connectivity index (χ3n) is 2.50. The van der Waals surface area contributed by atoms with Gasteiger partial charge in [0.25, 0.3) is 5.89 Å². The second kappa shape index (κ2) is 3.31. The van der Waals surface area contributed by atoms with Crippen LogP contribution in [-0.4, -0.2) is 15.1 Å². The van der Waals surface area contributed by atoms with E-state index in [1.54, 1.807) is 13.0 Å². The Balaban J connectivity index is 2.19. The number of hydrogen-bond acceptors (Lipinski definition) is 4. The first-order valence-electron chi connectivity index (χ1n) is 5.02. The van der Waals surface area contributed by atoms with Gasteiger partial charge >= 0.3 is 0 Å². The number of aromatic amines is 1. The van der Waals surface area contributed by atoms with Gasteiger partial charge in [0.05, 0.1) is 5.69 Å². The predicted octanol–water partition coefficient (Wildman–Crippen LogP) is 2.25. The molecule has 1 aromatic carbocycles. The molecule has 5 nitrogen and oxygen atoms in total. The second-order valence-electron chi connectivity index (χ2n) is 3.79. The predicted molar refractivity (Wildman–Crippen MR) is 60.7 cm³/mol. The Morgan fingerprint density at radius 3 is 2.88 bits per heavy atom. The van der Waals surface area contributed by atoms with Gasteiger partial charge in [-0.05, 0) is 25.1 Å². The van der Waals surface area contributed by atoms with Crippen LogP contribution in [0.5, 0.6) is 0 Å². The van der Waals surface area contributed by atoms with Crippen LogP contribution in [0.4, 0.5) is 10.1 Å². The molecular weight excluding hydrogens is 223 g/mol. The second-order valence-corrected chi connectivity index (χ2v) is 3.79. The highest BCUT2D eigenvalue weighted by Crippen LogP contribution is 2.25. The van der Waals surface area contributed by atoms with E-state index in [1.165, 1.54) is 12.1 Å². The average molecular weight is 232 g/mol. The summed E-state index contributed by atoms with van der Waals surface area (Å²) in [5.74, 6) is 0.479. The number of nitrogens with two attached hydrogens (primary N) is 1. The zero-order valence-corrected chi connectivity index (χ0v) is 8.99. The third-order valence-corrected chi connectivity index (χ3v) is 2.50. The van der Waals surface area contributed by atoms with Gasteiger partial charge in [0, 0.05) is 10.9 Å². The van der Waals surface area contributed by atoms with Crippen molar-refractivity contribution in [2.45, 2.75) is 6.92 Å². The molecule has 0 radical (unpaired) electrons. The molecule has 3 aromatic rings. The molecule has 0 saturated heterocycles. The smallest absolute Gasteiger partial charge is 0.274 e. The Kier molecular flexibility index (Phi) is 1.91. The summed E-state index contributed by atoms with van der Waals surface area (Å²) >= 11 is 0. The molecule has 0 fully saturated rings. The van der Waals surface area contributed by atoms with Crippen LogP contribution in [-0.2, 0) is 0 Å². The molecule has 3 N–H and O–H groups in total. The van der Waals surface area contributed by atoms with Crippen molar-refractivity contribution in [3.63, 3.8) is 0 Å². The van der Waals surface area contributed by atoms with Gasteiger partial charge in [-0.1, -0.05) is 5.16 Å². The molecule has 0 aliphatic heterocycles. The lowest BCUT2D eigenvalue weighted by Gasteiger charge is -1.95. The summed E-state index contributed by atoms with van der Waals surface area (Å²) in [6.07, 6.45) is 0. The molecule has 86 valence electrons. The minimum atomic E-state index is -0.440. The molecule has 0 spiro atoms. The van der Waals surface area contributed by atoms with Crippen molar-refractivity contribution in [2.75, 3.05) is 5.73 Å². The molecule has 3 rings (SSSR count). The third kappa shape index (κ3) is 1.54. The first kappa shape index (κ1) is 9.83. The number of H-pyrrole nitrogens is 1. The van der Waals surface area contributed by atoms with Crippen molar-refractivity contribution in [1.82, 2.24) is 15.1 Å². The molecule has 17 heavy (non-hydrogen) atoms. The van der Waals surface area contributed by atoms with E-state index in [4.69, 9.17) is 10.3 Å². The highest BCUT2D eigenvalue weighted by molar-refractivity contribution is 5.87. The van der Waals surface area contributed by atoms with Crippen LogP contribution in [0.15, 0.2) is 22.7 Å². The lowest BCUT2D eigenvalue weighted by Crippen LogP contribution is -1.89. The topological polar surface area (TPSA) is 80.7 Å². The number of rotatable bonds is 1. The zero-order chi connectivity index (χ0) is 12.0. The van der Waals surface area contributed by atoms with Crippen LogP contribution in [0, 0.1) is 12.7 Å². The minimum Gasteiger partial charge on any atom is -0.396 e. The number of halogens is 1. The average Bonchev–Trinajstić information content (AvgIpc) is 2.85. The number of nitrogen functional groups attached to an aromatic ring is 1. The van der Waals surface area contributed by atoms with Crippen molar-refractivity contribution < 1.29 is 8.91 Å². The molecule has 0 aliphatic carbocycles. The maximum atomic E-state index is 13.3. The van der Waals surface area contributed by atoms with Crippen molar-refractivity contribution in [3.05, 3.63) is 29.8 Å². The number of aryl methyl sites for hydroxylation is 1. The van der Waals surface area contributed by atoms with Gasteiger partial charge in [0.1, 0.15) is 11.5 Å². The van der Waals surface area contributed by atoms with E-state index in [1.807, 2.05) is 0 Å². The molecular formula is C11H9FN4O. The first-order valence-corrected chi connectivity index (χ1v) is 5.02. The summed E-state index contributed by atoms with van der Waals surface area (Å²) < 4.78 is 18.3. The molecule has 6 heteroatoms. The number of aromatic nitrogens is 3. The van der Waals surface area contributed by atoms with Gasteiger partial charge in [-0.2, -0.15) is 4.98 Å². The standard InChI is InChI=1S/C11H9FN4O/c1-5-14-11(17-16-5)10-3-6-2-7(12)8(13)4-9(6)15-10/h2-4,15H,13H2,1H3. The van der Waals surface area contributed by atoms with Gasteiger partial charge in [0.15, 0.2) is 5.82 Å². The summed E-state index contributed by atoms with van der Waals surface area (Å²) in [5, 5.41) is 4.40. The fourth-order valence-electron chi connectivity index (χ4n) is 1.69. The summed E-state index contributed by atoms with van der Waals surface area (Å²) in [6.45, 7) is 1.73. The van der Waals surface area contributed by atoms with Gasteiger partial charge in [-0.25, -0.2) is 4.39 Å². The normalized spacial score (nSPS) is 11.2. The quantitative estimate of drug-likeness (QED) is 0.630. The van der Waals surface area contributed by atoms with Crippen molar-refractivity contribution >= 4 is 16.6 Å². The Hall–Kier alpha value is -2.37. The molecule has 0 atom stereocenters. The van der Waals surface area contributed by atoms with E-state index in [2.05, 4.69) is 15.1 Å². The summed E-state index contributed by atoms with van der Waals surface area (Å²) in [5.41, 5.74) is 6.97. The zero-order valence-electron chi connectivity index (χ0n) is 8.99. The maximum Gasteiger partial charge on any atom is 0.274 e. The van der Waals surface area contributed by atoms with E-state index in [-0.39, 0.29) is 5.69 Å². The van der Waals surface area contributed by atoms with Gasteiger partial charge < -0.3 is 15.2 Å². The van der Waals surface area contributed by atoms with Crippen LogP contribution in [0.2, 0.25) is 0 Å². The maximum absolute atomic E-state index is 13.3. The highest BCUT2D eigenvalue weighted by atomic mass is 19.1. The van der Waals surface area contributed by atoms with Crippen LogP contribution in [0.25, 0.3) is 22.5 Å². The molecule has 2 heterocycles. The molecule has 0 unspecified atom stereocenters. The number of anilines is 1. The van der Waals surface area contributed by atoms with Crippen molar-refractivity contribution in [3.8, 4) is 11.6 Å². The molecule has 0 bridgehead atoms. The highest BCUT2D eigenvalue weighted by Gasteiger charge is 2.11. The van der Waals surface area contributed by atoms with Crippen LogP contribution < -0.4 is 5.73 Å². The lowest BCUT2D eigenvalue weighted by atomic mass is 10.2. The summed E-state index contributed by atoms with van der Waals surface area (Å²) in [6, 6.07) is 4.65. The van der Waals surface area contributed by atoms with Crippen LogP contribution in [0.1, 0.15) is 5.82 Å². The van der Waals surface area contributed by atoms with Gasteiger partial charge in [-0.15, -0.1) is 0 Å². The fourth-order valence-corrected chi connectivity index (χ4v) is 1.69.